The Bertz CT molecular complexity index is 615. The molecular weight excluding hydrogens is 285 g/mol. The van der Waals surface area contributed by atoms with Crippen LogP contribution in [0.4, 0.5) is 10.1 Å². The molecule has 2 aromatic rings. The van der Waals surface area contributed by atoms with Crippen molar-refractivity contribution in [1.29, 1.82) is 0 Å². The van der Waals surface area contributed by atoms with Crippen molar-refractivity contribution in [2.24, 2.45) is 0 Å². The summed E-state index contributed by atoms with van der Waals surface area (Å²) in [5.41, 5.74) is 2.26. The second-order valence-electron chi connectivity index (χ2n) is 4.88. The topological polar surface area (TPSA) is 29.1 Å². The van der Waals surface area contributed by atoms with Crippen molar-refractivity contribution in [1.82, 2.24) is 0 Å². The number of nitrogens with one attached hydrogen (secondary N) is 1. The van der Waals surface area contributed by atoms with Gasteiger partial charge in [0.15, 0.2) is 0 Å². The number of benzene rings is 2. The largest absolute Gasteiger partial charge is 0.325 e. The fraction of sp³-hybridized carbons (Fsp3) is 0.235. The SMILES string of the molecule is Cc1ccc(NC(=O)CSC(C)c2ccccc2)cc1F. The molecule has 0 aromatic heterocycles. The van der Waals surface area contributed by atoms with E-state index in [0.717, 1.165) is 0 Å². The summed E-state index contributed by atoms with van der Waals surface area (Å²) in [6, 6.07) is 14.8. The number of halogens is 1. The van der Waals surface area contributed by atoms with Gasteiger partial charge in [-0.25, -0.2) is 4.39 Å². The minimum atomic E-state index is -0.307. The van der Waals surface area contributed by atoms with Gasteiger partial charge in [-0.2, -0.15) is 0 Å². The molecule has 0 saturated carbocycles. The van der Waals surface area contributed by atoms with E-state index in [1.165, 1.54) is 11.6 Å². The fourth-order valence-electron chi connectivity index (χ4n) is 1.89. The number of hydrogen-bond acceptors (Lipinski definition) is 2. The standard InChI is InChI=1S/C17H18FNOS/c1-12-8-9-15(10-16(12)18)19-17(20)11-21-13(2)14-6-4-3-5-7-14/h3-10,13H,11H2,1-2H3,(H,19,20). The molecule has 0 aliphatic heterocycles. The molecule has 110 valence electrons. The summed E-state index contributed by atoms with van der Waals surface area (Å²) in [5.74, 6) is -0.0879. The smallest absolute Gasteiger partial charge is 0.234 e. The van der Waals surface area contributed by atoms with E-state index >= 15 is 0 Å². The fourth-order valence-corrected chi connectivity index (χ4v) is 2.71. The third-order valence-corrected chi connectivity index (χ3v) is 4.39. The molecule has 21 heavy (non-hydrogen) atoms. The molecule has 1 N–H and O–H groups in total. The summed E-state index contributed by atoms with van der Waals surface area (Å²) in [4.78, 5) is 11.9. The van der Waals surface area contributed by atoms with Gasteiger partial charge in [-0.3, -0.25) is 4.79 Å². The zero-order chi connectivity index (χ0) is 15.2. The molecule has 0 spiro atoms. The van der Waals surface area contributed by atoms with Crippen molar-refractivity contribution in [2.75, 3.05) is 11.1 Å². The Morgan fingerprint density at radius 1 is 1.24 bits per heavy atom. The highest BCUT2D eigenvalue weighted by Crippen LogP contribution is 2.27. The lowest BCUT2D eigenvalue weighted by molar-refractivity contribution is -0.113. The van der Waals surface area contributed by atoms with Crippen molar-refractivity contribution in [3.8, 4) is 0 Å². The molecule has 0 aliphatic carbocycles. The Labute approximate surface area is 128 Å². The van der Waals surface area contributed by atoms with Crippen molar-refractivity contribution < 1.29 is 9.18 Å². The highest BCUT2D eigenvalue weighted by molar-refractivity contribution is 8.00. The molecular formula is C17H18FNOS. The lowest BCUT2D eigenvalue weighted by Crippen LogP contribution is -2.14. The van der Waals surface area contributed by atoms with Crippen LogP contribution in [0.3, 0.4) is 0 Å². The van der Waals surface area contributed by atoms with Gasteiger partial charge in [-0.15, -0.1) is 11.8 Å². The van der Waals surface area contributed by atoms with Crippen LogP contribution in [0.2, 0.25) is 0 Å². The number of amides is 1. The molecule has 0 bridgehead atoms. The third-order valence-electron chi connectivity index (χ3n) is 3.19. The molecule has 2 aromatic carbocycles. The lowest BCUT2D eigenvalue weighted by atomic mass is 10.2. The van der Waals surface area contributed by atoms with Crippen LogP contribution in [0.15, 0.2) is 48.5 Å². The normalized spacial score (nSPS) is 12.0. The monoisotopic (exact) mass is 303 g/mol. The van der Waals surface area contributed by atoms with Crippen LogP contribution in [0, 0.1) is 12.7 Å². The van der Waals surface area contributed by atoms with E-state index in [2.05, 4.69) is 12.2 Å². The van der Waals surface area contributed by atoms with Crippen LogP contribution in [0.25, 0.3) is 0 Å². The first-order chi connectivity index (χ1) is 10.1. The highest BCUT2D eigenvalue weighted by atomic mass is 32.2. The van der Waals surface area contributed by atoms with Crippen LogP contribution in [-0.2, 0) is 4.79 Å². The highest BCUT2D eigenvalue weighted by Gasteiger charge is 2.09. The number of carbonyl (C=O) groups is 1. The number of anilines is 1. The van der Waals surface area contributed by atoms with Gasteiger partial charge in [-0.1, -0.05) is 36.4 Å². The average Bonchev–Trinajstić information content (AvgIpc) is 2.49. The summed E-state index contributed by atoms with van der Waals surface area (Å²) in [7, 11) is 0. The zero-order valence-electron chi connectivity index (χ0n) is 12.1. The maximum absolute atomic E-state index is 13.4. The Morgan fingerprint density at radius 3 is 2.62 bits per heavy atom. The Kier molecular flexibility index (Phi) is 5.39. The minimum Gasteiger partial charge on any atom is -0.325 e. The van der Waals surface area contributed by atoms with Gasteiger partial charge in [-0.05, 0) is 37.1 Å². The van der Waals surface area contributed by atoms with E-state index < -0.39 is 0 Å². The van der Waals surface area contributed by atoms with Crippen LogP contribution < -0.4 is 5.32 Å². The molecule has 0 radical (unpaired) electrons. The molecule has 2 nitrogen and oxygen atoms in total. The van der Waals surface area contributed by atoms with E-state index in [4.69, 9.17) is 0 Å². The molecule has 0 saturated heterocycles. The second kappa shape index (κ2) is 7.27. The molecule has 2 rings (SSSR count). The Morgan fingerprint density at radius 2 is 1.95 bits per heavy atom. The van der Waals surface area contributed by atoms with Crippen LogP contribution >= 0.6 is 11.8 Å². The molecule has 4 heteroatoms. The van der Waals surface area contributed by atoms with Crippen LogP contribution in [-0.4, -0.2) is 11.7 Å². The van der Waals surface area contributed by atoms with Gasteiger partial charge in [0.2, 0.25) is 5.91 Å². The summed E-state index contributed by atoms with van der Waals surface area (Å²) < 4.78 is 13.4. The van der Waals surface area contributed by atoms with Crippen molar-refractivity contribution >= 4 is 23.4 Å². The average molecular weight is 303 g/mol. The van der Waals surface area contributed by atoms with Crippen molar-refractivity contribution in [2.45, 2.75) is 19.1 Å². The van der Waals surface area contributed by atoms with E-state index in [0.29, 0.717) is 17.0 Å². The van der Waals surface area contributed by atoms with E-state index in [-0.39, 0.29) is 17.0 Å². The first kappa shape index (κ1) is 15.6. The van der Waals surface area contributed by atoms with Gasteiger partial charge in [0.05, 0.1) is 5.75 Å². The van der Waals surface area contributed by atoms with E-state index in [1.807, 2.05) is 30.3 Å². The molecule has 1 unspecified atom stereocenters. The van der Waals surface area contributed by atoms with Gasteiger partial charge in [0, 0.05) is 10.9 Å². The predicted molar refractivity (Wildman–Crippen MR) is 87.1 cm³/mol. The number of carbonyl (C=O) groups excluding carboxylic acids is 1. The number of rotatable bonds is 5. The second-order valence-corrected chi connectivity index (χ2v) is 6.21. The number of thioether (sulfide) groups is 1. The Hall–Kier alpha value is -1.81. The summed E-state index contributed by atoms with van der Waals surface area (Å²) >= 11 is 1.56. The van der Waals surface area contributed by atoms with Gasteiger partial charge >= 0.3 is 0 Å². The lowest BCUT2D eigenvalue weighted by Gasteiger charge is -2.11. The summed E-state index contributed by atoms with van der Waals surface area (Å²) in [6.45, 7) is 3.76. The van der Waals surface area contributed by atoms with Crippen molar-refractivity contribution in [3.63, 3.8) is 0 Å². The third kappa shape index (κ3) is 4.60. The molecule has 0 fully saturated rings. The van der Waals surface area contributed by atoms with Crippen LogP contribution in [0.5, 0.6) is 0 Å². The maximum Gasteiger partial charge on any atom is 0.234 e. The molecule has 1 atom stereocenters. The van der Waals surface area contributed by atoms with E-state index in [9.17, 15) is 9.18 Å². The number of hydrogen-bond donors (Lipinski definition) is 1. The summed E-state index contributed by atoms with van der Waals surface area (Å²) in [5, 5.41) is 2.96. The maximum atomic E-state index is 13.4. The van der Waals surface area contributed by atoms with Gasteiger partial charge < -0.3 is 5.32 Å². The number of aryl methyl sites for hydroxylation is 1. The zero-order valence-corrected chi connectivity index (χ0v) is 12.9. The predicted octanol–water partition coefficient (Wildman–Crippen LogP) is 4.57. The van der Waals surface area contributed by atoms with Gasteiger partial charge in [0.1, 0.15) is 5.82 Å². The van der Waals surface area contributed by atoms with Crippen molar-refractivity contribution in [3.05, 3.63) is 65.5 Å². The summed E-state index contributed by atoms with van der Waals surface area (Å²) in [6.07, 6.45) is 0. The first-order valence-electron chi connectivity index (χ1n) is 6.79. The molecule has 1 amide bonds. The quantitative estimate of drug-likeness (QED) is 0.877. The first-order valence-corrected chi connectivity index (χ1v) is 7.83. The minimum absolute atomic E-state index is 0.119. The Balaban J connectivity index is 1.86. The van der Waals surface area contributed by atoms with Gasteiger partial charge in [0.25, 0.3) is 0 Å². The molecule has 0 heterocycles. The molecule has 0 aliphatic rings. The van der Waals surface area contributed by atoms with E-state index in [1.54, 1.807) is 30.8 Å². The van der Waals surface area contributed by atoms with Crippen LogP contribution in [0.1, 0.15) is 23.3 Å².